The molecule has 1 aromatic carbocycles. The van der Waals surface area contributed by atoms with Crippen LogP contribution in [-0.4, -0.2) is 20.2 Å². The number of nitrogens with one attached hydrogen (secondary N) is 1. The van der Waals surface area contributed by atoms with E-state index in [0.29, 0.717) is 5.92 Å². The number of hydrogen-bond acceptors (Lipinski definition) is 2. The van der Waals surface area contributed by atoms with Crippen LogP contribution in [0.25, 0.3) is 0 Å². The number of para-hydroxylation sites is 1. The average molecular weight is 263 g/mol. The highest BCUT2D eigenvalue weighted by molar-refractivity contribution is 5.35. The van der Waals surface area contributed by atoms with Gasteiger partial charge in [-0.2, -0.15) is 0 Å². The highest BCUT2D eigenvalue weighted by Crippen LogP contribution is 2.28. The Balaban J connectivity index is 2.29. The second kappa shape index (κ2) is 9.85. The number of benzene rings is 1. The van der Waals surface area contributed by atoms with Crippen LogP contribution in [-0.2, 0) is 0 Å². The smallest absolute Gasteiger partial charge is 0.122 e. The summed E-state index contributed by atoms with van der Waals surface area (Å²) in [6, 6.07) is 8.46. The molecule has 0 spiro atoms. The molecule has 0 aliphatic heterocycles. The molecule has 0 heterocycles. The lowest BCUT2D eigenvalue weighted by atomic mass is 9.98. The third-order valence-corrected chi connectivity index (χ3v) is 3.64. The summed E-state index contributed by atoms with van der Waals surface area (Å²) in [6.07, 6.45) is 6.12. The van der Waals surface area contributed by atoms with Gasteiger partial charge in [-0.25, -0.2) is 0 Å². The van der Waals surface area contributed by atoms with Crippen LogP contribution in [0.4, 0.5) is 0 Å². The van der Waals surface area contributed by atoms with Crippen LogP contribution in [0, 0.1) is 0 Å². The Labute approximate surface area is 118 Å². The van der Waals surface area contributed by atoms with Crippen molar-refractivity contribution in [2.45, 2.75) is 51.9 Å². The molecule has 0 fully saturated rings. The second-order valence-corrected chi connectivity index (χ2v) is 5.21. The van der Waals surface area contributed by atoms with Crippen molar-refractivity contribution in [3.8, 4) is 5.75 Å². The van der Waals surface area contributed by atoms with Gasteiger partial charge in [0.2, 0.25) is 0 Å². The molecule has 0 radical (unpaired) electrons. The first-order valence-electron chi connectivity index (χ1n) is 7.66. The molecule has 0 saturated heterocycles. The maximum atomic E-state index is 5.95. The van der Waals surface area contributed by atoms with Crippen molar-refractivity contribution in [2.75, 3.05) is 20.2 Å². The van der Waals surface area contributed by atoms with Gasteiger partial charge in [0.1, 0.15) is 5.75 Å². The summed E-state index contributed by atoms with van der Waals surface area (Å²) in [7, 11) is 2.01. The van der Waals surface area contributed by atoms with E-state index in [1.807, 2.05) is 7.05 Å². The monoisotopic (exact) mass is 263 g/mol. The molecule has 1 atom stereocenters. The van der Waals surface area contributed by atoms with E-state index >= 15 is 0 Å². The van der Waals surface area contributed by atoms with E-state index < -0.39 is 0 Å². The standard InChI is InChI=1S/C17H29NO/c1-4-15(2)16-11-7-8-12-17(16)19-14-10-6-5-9-13-18-3/h7-8,11-12,15,18H,4-6,9-10,13-14H2,1-3H3. The Morgan fingerprint density at radius 2 is 1.84 bits per heavy atom. The van der Waals surface area contributed by atoms with Crippen molar-refractivity contribution < 1.29 is 4.74 Å². The molecule has 1 aromatic rings. The fraction of sp³-hybridized carbons (Fsp3) is 0.647. The van der Waals surface area contributed by atoms with E-state index in [0.717, 1.165) is 31.7 Å². The fourth-order valence-corrected chi connectivity index (χ4v) is 2.18. The first-order chi connectivity index (χ1) is 9.29. The van der Waals surface area contributed by atoms with Gasteiger partial charge in [0.15, 0.2) is 0 Å². The Bertz CT molecular complexity index is 338. The summed E-state index contributed by atoms with van der Waals surface area (Å²) in [5.41, 5.74) is 1.35. The van der Waals surface area contributed by atoms with Gasteiger partial charge >= 0.3 is 0 Å². The van der Waals surface area contributed by atoms with Crippen LogP contribution in [0.15, 0.2) is 24.3 Å². The van der Waals surface area contributed by atoms with Crippen molar-refractivity contribution in [3.05, 3.63) is 29.8 Å². The molecule has 0 aliphatic carbocycles. The van der Waals surface area contributed by atoms with Gasteiger partial charge in [0, 0.05) is 0 Å². The predicted molar refractivity (Wildman–Crippen MR) is 83.0 cm³/mol. The third-order valence-electron chi connectivity index (χ3n) is 3.64. The van der Waals surface area contributed by atoms with Gasteiger partial charge in [-0.3, -0.25) is 0 Å². The molecule has 108 valence electrons. The Kier molecular flexibility index (Phi) is 8.31. The van der Waals surface area contributed by atoms with Crippen molar-refractivity contribution >= 4 is 0 Å². The van der Waals surface area contributed by atoms with Gasteiger partial charge in [-0.05, 0) is 50.4 Å². The molecule has 2 nitrogen and oxygen atoms in total. The summed E-state index contributed by atoms with van der Waals surface area (Å²) in [5.74, 6) is 1.65. The van der Waals surface area contributed by atoms with Gasteiger partial charge in [-0.1, -0.05) is 44.9 Å². The lowest BCUT2D eigenvalue weighted by Gasteiger charge is -2.15. The van der Waals surface area contributed by atoms with Gasteiger partial charge in [0.05, 0.1) is 6.61 Å². The lowest BCUT2D eigenvalue weighted by Crippen LogP contribution is -2.07. The van der Waals surface area contributed by atoms with E-state index in [4.69, 9.17) is 4.74 Å². The minimum absolute atomic E-state index is 0.576. The van der Waals surface area contributed by atoms with Crippen LogP contribution < -0.4 is 10.1 Å². The van der Waals surface area contributed by atoms with Gasteiger partial charge in [-0.15, -0.1) is 0 Å². The summed E-state index contributed by atoms with van der Waals surface area (Å²) in [5, 5.41) is 3.18. The maximum absolute atomic E-state index is 5.95. The molecule has 0 aliphatic rings. The van der Waals surface area contributed by atoms with Crippen LogP contribution >= 0.6 is 0 Å². The molecular weight excluding hydrogens is 234 g/mol. The minimum atomic E-state index is 0.576. The van der Waals surface area contributed by atoms with Crippen LogP contribution in [0.3, 0.4) is 0 Å². The molecule has 0 saturated carbocycles. The van der Waals surface area contributed by atoms with Crippen LogP contribution in [0.1, 0.15) is 57.4 Å². The Morgan fingerprint density at radius 3 is 2.58 bits per heavy atom. The molecule has 1 N–H and O–H groups in total. The first kappa shape index (κ1) is 16.0. The molecule has 2 heteroatoms. The predicted octanol–water partition coefficient (Wildman–Crippen LogP) is 4.36. The number of hydrogen-bond donors (Lipinski definition) is 1. The quantitative estimate of drug-likeness (QED) is 0.633. The first-order valence-corrected chi connectivity index (χ1v) is 7.66. The van der Waals surface area contributed by atoms with E-state index in [9.17, 15) is 0 Å². The van der Waals surface area contributed by atoms with Gasteiger partial charge in [0.25, 0.3) is 0 Å². The number of unbranched alkanes of at least 4 members (excludes halogenated alkanes) is 3. The maximum Gasteiger partial charge on any atom is 0.122 e. The lowest BCUT2D eigenvalue weighted by molar-refractivity contribution is 0.300. The fourth-order valence-electron chi connectivity index (χ4n) is 2.18. The molecule has 1 unspecified atom stereocenters. The second-order valence-electron chi connectivity index (χ2n) is 5.21. The Hall–Kier alpha value is -1.02. The number of rotatable bonds is 10. The summed E-state index contributed by atoms with van der Waals surface area (Å²) < 4.78 is 5.95. The van der Waals surface area contributed by atoms with Crippen LogP contribution in [0.5, 0.6) is 5.75 Å². The van der Waals surface area contributed by atoms with Crippen molar-refractivity contribution in [3.63, 3.8) is 0 Å². The minimum Gasteiger partial charge on any atom is -0.493 e. The van der Waals surface area contributed by atoms with Crippen LogP contribution in [0.2, 0.25) is 0 Å². The number of ether oxygens (including phenoxy) is 1. The molecule has 0 bridgehead atoms. The van der Waals surface area contributed by atoms with E-state index in [1.54, 1.807) is 0 Å². The summed E-state index contributed by atoms with van der Waals surface area (Å²) in [4.78, 5) is 0. The topological polar surface area (TPSA) is 21.3 Å². The SMILES string of the molecule is CCC(C)c1ccccc1OCCCCCCNC. The highest BCUT2D eigenvalue weighted by atomic mass is 16.5. The van der Waals surface area contributed by atoms with E-state index in [-0.39, 0.29) is 0 Å². The Morgan fingerprint density at radius 1 is 1.11 bits per heavy atom. The summed E-state index contributed by atoms with van der Waals surface area (Å²) in [6.45, 7) is 6.45. The molecule has 1 rings (SSSR count). The van der Waals surface area contributed by atoms with Crippen molar-refractivity contribution in [2.24, 2.45) is 0 Å². The zero-order chi connectivity index (χ0) is 13.9. The highest BCUT2D eigenvalue weighted by Gasteiger charge is 2.08. The van der Waals surface area contributed by atoms with E-state index in [1.165, 1.54) is 24.8 Å². The molecule has 0 amide bonds. The molecular formula is C17H29NO. The van der Waals surface area contributed by atoms with Gasteiger partial charge < -0.3 is 10.1 Å². The van der Waals surface area contributed by atoms with E-state index in [2.05, 4.69) is 43.4 Å². The molecule has 19 heavy (non-hydrogen) atoms. The zero-order valence-corrected chi connectivity index (χ0v) is 12.7. The molecule has 0 aromatic heterocycles. The van der Waals surface area contributed by atoms with Crippen molar-refractivity contribution in [1.29, 1.82) is 0 Å². The average Bonchev–Trinajstić information content (AvgIpc) is 2.46. The summed E-state index contributed by atoms with van der Waals surface area (Å²) >= 11 is 0. The largest absolute Gasteiger partial charge is 0.493 e. The zero-order valence-electron chi connectivity index (χ0n) is 12.7. The normalized spacial score (nSPS) is 12.4. The third kappa shape index (κ3) is 6.11. The van der Waals surface area contributed by atoms with Crippen molar-refractivity contribution in [1.82, 2.24) is 5.32 Å².